The van der Waals surface area contributed by atoms with Gasteiger partial charge in [0, 0.05) is 0 Å². The number of unbranched alkanes of at least 4 members (excludes halogenated alkanes) is 1. The molecular formula is C12H15BF3KO. The van der Waals surface area contributed by atoms with E-state index in [9.17, 15) is 12.9 Å². The number of benzene rings is 1. The van der Waals surface area contributed by atoms with Crippen LogP contribution in [0.1, 0.15) is 18.4 Å². The second kappa shape index (κ2) is 8.43. The van der Waals surface area contributed by atoms with Gasteiger partial charge in [-0.05, 0) is 31.4 Å². The van der Waals surface area contributed by atoms with E-state index in [-0.39, 0.29) is 51.4 Å². The van der Waals surface area contributed by atoms with Gasteiger partial charge in [-0.15, -0.1) is 12.0 Å². The summed E-state index contributed by atoms with van der Waals surface area (Å²) in [5.41, 5.74) is -0.0683. The van der Waals surface area contributed by atoms with Crippen molar-refractivity contribution in [3.05, 3.63) is 36.4 Å². The molecule has 0 aliphatic carbocycles. The van der Waals surface area contributed by atoms with Crippen LogP contribution in [0.25, 0.3) is 0 Å². The van der Waals surface area contributed by atoms with E-state index in [1.165, 1.54) is 6.07 Å². The van der Waals surface area contributed by atoms with Gasteiger partial charge in [0.1, 0.15) is 5.75 Å². The summed E-state index contributed by atoms with van der Waals surface area (Å²) in [5, 5.41) is 0. The Labute approximate surface area is 148 Å². The third kappa shape index (κ3) is 5.93. The Morgan fingerprint density at radius 1 is 1.33 bits per heavy atom. The topological polar surface area (TPSA) is 9.23 Å². The quantitative estimate of drug-likeness (QED) is 0.417. The van der Waals surface area contributed by atoms with Crippen molar-refractivity contribution in [1.29, 1.82) is 0 Å². The van der Waals surface area contributed by atoms with E-state index in [1.807, 2.05) is 0 Å². The van der Waals surface area contributed by atoms with Crippen LogP contribution in [0.4, 0.5) is 12.9 Å². The monoisotopic (exact) mass is 282 g/mol. The third-order valence-corrected chi connectivity index (χ3v) is 2.39. The van der Waals surface area contributed by atoms with Crippen LogP contribution in [0, 0.1) is 6.92 Å². The number of allylic oxidation sites excluding steroid dienone is 1. The minimum atomic E-state index is -4.93. The summed E-state index contributed by atoms with van der Waals surface area (Å²) in [6, 6.07) is 3.58. The van der Waals surface area contributed by atoms with Crippen LogP contribution in [0.5, 0.6) is 5.75 Å². The zero-order chi connectivity index (χ0) is 12.9. The summed E-state index contributed by atoms with van der Waals surface area (Å²) in [6.45, 7) is 0.762. The fourth-order valence-corrected chi connectivity index (χ4v) is 1.45. The van der Waals surface area contributed by atoms with Gasteiger partial charge in [0.15, 0.2) is 0 Å². The number of rotatable bonds is 6. The Morgan fingerprint density at radius 3 is 2.50 bits per heavy atom. The van der Waals surface area contributed by atoms with Crippen LogP contribution in [-0.4, -0.2) is 13.6 Å². The van der Waals surface area contributed by atoms with Crippen molar-refractivity contribution < 1.29 is 69.1 Å². The van der Waals surface area contributed by atoms with Gasteiger partial charge in [0.25, 0.3) is 0 Å². The van der Waals surface area contributed by atoms with Crippen molar-refractivity contribution in [3.63, 3.8) is 0 Å². The molecule has 0 heterocycles. The summed E-state index contributed by atoms with van der Waals surface area (Å²) >= 11 is 0. The maximum absolute atomic E-state index is 12.5. The summed E-state index contributed by atoms with van der Waals surface area (Å²) in [4.78, 5) is 0. The molecule has 0 aliphatic heterocycles. The van der Waals surface area contributed by atoms with E-state index in [0.29, 0.717) is 17.9 Å². The molecule has 1 nitrogen and oxygen atoms in total. The summed E-state index contributed by atoms with van der Waals surface area (Å²) in [5.74, 6) is 0.512. The van der Waals surface area contributed by atoms with E-state index in [4.69, 9.17) is 4.74 Å². The van der Waals surface area contributed by atoms with Gasteiger partial charge in [-0.3, -0.25) is 0 Å². The average Bonchev–Trinajstić information content (AvgIpc) is 2.24. The SMILES string of the molecule is C=CCCCOc1ccc([B-](F)(F)F)cc1C.[K+]. The Balaban J connectivity index is 0.00000289. The Kier molecular flexibility index (Phi) is 8.55. The first kappa shape index (κ1) is 18.3. The molecule has 0 amide bonds. The smallest absolute Gasteiger partial charge is 0.493 e. The molecule has 94 valence electrons. The predicted octanol–water partition coefficient (Wildman–Crippen LogP) is 0.398. The number of aryl methyl sites for hydroxylation is 1. The van der Waals surface area contributed by atoms with Crippen molar-refractivity contribution in [3.8, 4) is 5.75 Å². The summed E-state index contributed by atoms with van der Waals surface area (Å²) in [7, 11) is 0. The first-order chi connectivity index (χ1) is 7.95. The molecule has 0 bridgehead atoms. The van der Waals surface area contributed by atoms with Gasteiger partial charge in [-0.2, -0.15) is 0 Å². The molecular weight excluding hydrogens is 267 g/mol. The van der Waals surface area contributed by atoms with E-state index in [1.54, 1.807) is 13.0 Å². The Morgan fingerprint density at radius 2 is 2.00 bits per heavy atom. The summed E-state index contributed by atoms with van der Waals surface area (Å²) in [6.07, 6.45) is 3.43. The minimum Gasteiger partial charge on any atom is -0.493 e. The fourth-order valence-electron chi connectivity index (χ4n) is 1.45. The van der Waals surface area contributed by atoms with Gasteiger partial charge in [0.2, 0.25) is 0 Å². The van der Waals surface area contributed by atoms with Crippen molar-refractivity contribution in [2.24, 2.45) is 0 Å². The predicted molar refractivity (Wildman–Crippen MR) is 64.8 cm³/mol. The molecule has 0 aliphatic rings. The molecule has 0 radical (unpaired) electrons. The first-order valence-corrected chi connectivity index (χ1v) is 5.49. The molecule has 0 unspecified atom stereocenters. The number of hydrogen-bond acceptors (Lipinski definition) is 1. The van der Waals surface area contributed by atoms with Crippen molar-refractivity contribution in [2.45, 2.75) is 19.8 Å². The molecule has 0 N–H and O–H groups in total. The molecule has 0 aromatic heterocycles. The molecule has 0 saturated carbocycles. The zero-order valence-corrected chi connectivity index (χ0v) is 13.9. The van der Waals surface area contributed by atoms with Crippen molar-refractivity contribution in [2.75, 3.05) is 6.61 Å². The largest absolute Gasteiger partial charge is 1.00 e. The van der Waals surface area contributed by atoms with Crippen LogP contribution in [0.3, 0.4) is 0 Å². The molecule has 1 aromatic rings. The maximum Gasteiger partial charge on any atom is 1.00 e. The van der Waals surface area contributed by atoms with Crippen LogP contribution < -0.4 is 61.6 Å². The molecule has 0 atom stereocenters. The second-order valence-electron chi connectivity index (χ2n) is 3.88. The van der Waals surface area contributed by atoms with Gasteiger partial charge in [0.05, 0.1) is 6.61 Å². The second-order valence-corrected chi connectivity index (χ2v) is 3.88. The molecule has 1 aromatic carbocycles. The number of hydrogen-bond donors (Lipinski definition) is 0. The standard InChI is InChI=1S/C12H15BF3O.K/c1-3-4-5-8-17-12-7-6-11(9-10(12)2)13(14,15)16;/h3,6-7,9H,1,4-5,8H2,2H3;/q-1;+1. The van der Waals surface area contributed by atoms with Crippen LogP contribution in [0.15, 0.2) is 30.9 Å². The average molecular weight is 282 g/mol. The van der Waals surface area contributed by atoms with Gasteiger partial charge in [-0.1, -0.05) is 18.2 Å². The molecule has 0 spiro atoms. The Hall–Kier alpha value is 0.251. The number of halogens is 3. The summed E-state index contributed by atoms with van der Waals surface area (Å²) < 4.78 is 42.8. The maximum atomic E-state index is 12.5. The molecule has 0 fully saturated rings. The third-order valence-electron chi connectivity index (χ3n) is 2.39. The van der Waals surface area contributed by atoms with Crippen molar-refractivity contribution >= 4 is 12.4 Å². The van der Waals surface area contributed by atoms with E-state index in [2.05, 4.69) is 6.58 Å². The van der Waals surface area contributed by atoms with Crippen molar-refractivity contribution in [1.82, 2.24) is 0 Å². The van der Waals surface area contributed by atoms with Gasteiger partial charge >= 0.3 is 58.4 Å². The zero-order valence-electron chi connectivity index (χ0n) is 10.8. The van der Waals surface area contributed by atoms with E-state index in [0.717, 1.165) is 25.0 Å². The molecule has 18 heavy (non-hydrogen) atoms. The van der Waals surface area contributed by atoms with E-state index < -0.39 is 12.4 Å². The first-order valence-electron chi connectivity index (χ1n) is 5.49. The Bertz CT molecular complexity index is 393. The normalized spacial score (nSPS) is 10.7. The molecule has 6 heteroatoms. The van der Waals surface area contributed by atoms with Gasteiger partial charge in [-0.25, -0.2) is 0 Å². The molecule has 0 saturated heterocycles. The van der Waals surface area contributed by atoms with Crippen LogP contribution >= 0.6 is 0 Å². The van der Waals surface area contributed by atoms with Crippen LogP contribution in [-0.2, 0) is 0 Å². The van der Waals surface area contributed by atoms with E-state index >= 15 is 0 Å². The van der Waals surface area contributed by atoms with Crippen LogP contribution in [0.2, 0.25) is 0 Å². The fraction of sp³-hybridized carbons (Fsp3) is 0.333. The van der Waals surface area contributed by atoms with Gasteiger partial charge < -0.3 is 17.7 Å². The minimum absolute atomic E-state index is 0. The number of ether oxygens (including phenoxy) is 1. The molecule has 1 rings (SSSR count).